The second kappa shape index (κ2) is 8.31. The molecule has 6 aromatic rings. The number of benzene rings is 6. The normalized spacial score (nSPS) is 14.7. The Kier molecular flexibility index (Phi) is 4.90. The fourth-order valence-corrected chi connectivity index (χ4v) is 5.61. The summed E-state index contributed by atoms with van der Waals surface area (Å²) in [6.45, 7) is 4.84. The highest BCUT2D eigenvalue weighted by atomic mass is 16.5. The summed E-state index contributed by atoms with van der Waals surface area (Å²) >= 11 is 0. The molecule has 2 nitrogen and oxygen atoms in total. The van der Waals surface area contributed by atoms with Crippen LogP contribution in [-0.4, -0.2) is 18.0 Å². The molecule has 0 atom stereocenters. The fraction of sp³-hybridized carbons (Fsp3) is 0.114. The number of nitrogens with zero attached hydrogens (tertiary/aromatic N) is 1. The zero-order chi connectivity index (χ0) is 25.0. The lowest BCUT2D eigenvalue weighted by Crippen LogP contribution is -2.24. The molecule has 0 aromatic heterocycles. The molecule has 1 aliphatic heterocycles. The molecule has 37 heavy (non-hydrogen) atoms. The highest BCUT2D eigenvalue weighted by molar-refractivity contribution is 6.21. The van der Waals surface area contributed by atoms with E-state index in [4.69, 9.17) is 4.74 Å². The summed E-state index contributed by atoms with van der Waals surface area (Å²) in [5, 5.41) is 7.56. The molecule has 1 aliphatic rings. The third kappa shape index (κ3) is 3.68. The summed E-state index contributed by atoms with van der Waals surface area (Å²) in [4.78, 5) is 4.62. The van der Waals surface area contributed by atoms with Crippen LogP contribution in [0, 0.1) is 0 Å². The summed E-state index contributed by atoms with van der Waals surface area (Å²) < 4.78 is 6.07. The Bertz CT molecular complexity index is 1790. The van der Waals surface area contributed by atoms with Crippen molar-refractivity contribution in [2.45, 2.75) is 19.4 Å². The van der Waals surface area contributed by atoms with E-state index in [-0.39, 0.29) is 5.60 Å². The maximum Gasteiger partial charge on any atom is 0.216 e. The average molecular weight is 478 g/mol. The molecule has 0 saturated carbocycles. The van der Waals surface area contributed by atoms with Gasteiger partial charge in [0.2, 0.25) is 5.90 Å². The Morgan fingerprint density at radius 3 is 1.59 bits per heavy atom. The molecule has 0 N–H and O–H groups in total. The van der Waals surface area contributed by atoms with Gasteiger partial charge in [0.1, 0.15) is 5.60 Å². The smallest absolute Gasteiger partial charge is 0.216 e. The van der Waals surface area contributed by atoms with Gasteiger partial charge in [0.15, 0.2) is 0 Å². The van der Waals surface area contributed by atoms with E-state index in [1.165, 1.54) is 54.6 Å². The first-order valence-electron chi connectivity index (χ1n) is 12.8. The summed E-state index contributed by atoms with van der Waals surface area (Å²) in [6.07, 6.45) is 0. The van der Waals surface area contributed by atoms with Gasteiger partial charge in [0.25, 0.3) is 0 Å². The lowest BCUT2D eigenvalue weighted by Gasteiger charge is -2.19. The molecule has 0 amide bonds. The van der Waals surface area contributed by atoms with E-state index in [0.717, 1.165) is 11.5 Å². The van der Waals surface area contributed by atoms with E-state index in [0.29, 0.717) is 6.54 Å². The first-order valence-corrected chi connectivity index (χ1v) is 12.8. The molecule has 7 rings (SSSR count). The van der Waals surface area contributed by atoms with Crippen LogP contribution in [-0.2, 0) is 4.74 Å². The van der Waals surface area contributed by atoms with Gasteiger partial charge >= 0.3 is 0 Å². The van der Waals surface area contributed by atoms with Gasteiger partial charge < -0.3 is 4.74 Å². The summed E-state index contributed by atoms with van der Waals surface area (Å²) in [7, 11) is 0. The van der Waals surface area contributed by atoms with E-state index in [2.05, 4.69) is 134 Å². The van der Waals surface area contributed by atoms with Crippen molar-refractivity contribution < 1.29 is 4.74 Å². The van der Waals surface area contributed by atoms with Gasteiger partial charge in [0.05, 0.1) is 6.54 Å². The minimum atomic E-state index is -0.237. The van der Waals surface area contributed by atoms with E-state index >= 15 is 0 Å². The lowest BCUT2D eigenvalue weighted by molar-refractivity contribution is 0.131. The number of ether oxygens (including phenoxy) is 1. The standard InChI is InChI=1S/C35H27NO/c1-35(2)22-36-34(37-35)25-18-16-24(17-19-25)32-28-11-5-7-13-30(28)33(31-14-8-6-12-29(31)32)27-20-15-23-9-3-4-10-26(23)21-27/h3-21H,22H2,1-2H3. The first kappa shape index (κ1) is 21.8. The molecule has 6 aromatic carbocycles. The fourth-order valence-electron chi connectivity index (χ4n) is 5.61. The summed E-state index contributed by atoms with van der Waals surface area (Å²) in [5.41, 5.74) is 5.77. The maximum absolute atomic E-state index is 6.07. The predicted octanol–water partition coefficient (Wildman–Crippen LogP) is 9.04. The van der Waals surface area contributed by atoms with Gasteiger partial charge in [-0.2, -0.15) is 0 Å². The molecule has 0 saturated heterocycles. The Morgan fingerprint density at radius 1 is 0.541 bits per heavy atom. The van der Waals surface area contributed by atoms with E-state index in [9.17, 15) is 0 Å². The predicted molar refractivity (Wildman–Crippen MR) is 156 cm³/mol. The van der Waals surface area contributed by atoms with Gasteiger partial charge in [-0.05, 0) is 86.6 Å². The Balaban J connectivity index is 1.46. The van der Waals surface area contributed by atoms with Gasteiger partial charge in [-0.1, -0.05) is 97.1 Å². The van der Waals surface area contributed by atoms with E-state index in [1.807, 2.05) is 0 Å². The quantitative estimate of drug-likeness (QED) is 0.233. The number of aliphatic imine (C=N–C) groups is 1. The van der Waals surface area contributed by atoms with Crippen molar-refractivity contribution >= 4 is 38.2 Å². The number of hydrogen-bond donors (Lipinski definition) is 0. The highest BCUT2D eigenvalue weighted by Gasteiger charge is 2.28. The molecule has 0 fully saturated rings. The Morgan fingerprint density at radius 2 is 1.03 bits per heavy atom. The van der Waals surface area contributed by atoms with Crippen LogP contribution in [0.3, 0.4) is 0 Å². The van der Waals surface area contributed by atoms with E-state index in [1.54, 1.807) is 0 Å². The van der Waals surface area contributed by atoms with Crippen LogP contribution >= 0.6 is 0 Å². The minimum Gasteiger partial charge on any atom is -0.469 e. The molecule has 0 aliphatic carbocycles. The maximum atomic E-state index is 6.07. The van der Waals surface area contributed by atoms with Crippen molar-refractivity contribution in [1.82, 2.24) is 0 Å². The van der Waals surface area contributed by atoms with Crippen molar-refractivity contribution in [3.8, 4) is 22.3 Å². The number of rotatable bonds is 3. The zero-order valence-corrected chi connectivity index (χ0v) is 21.0. The molecule has 0 unspecified atom stereocenters. The lowest BCUT2D eigenvalue weighted by atomic mass is 9.85. The van der Waals surface area contributed by atoms with Gasteiger partial charge in [-0.25, -0.2) is 4.99 Å². The molecule has 0 spiro atoms. The van der Waals surface area contributed by atoms with Crippen LogP contribution in [0.5, 0.6) is 0 Å². The molecular formula is C35H27NO. The monoisotopic (exact) mass is 477 g/mol. The number of fused-ring (bicyclic) bond motifs is 3. The third-order valence-electron chi connectivity index (χ3n) is 7.37. The topological polar surface area (TPSA) is 21.6 Å². The van der Waals surface area contributed by atoms with Crippen molar-refractivity contribution in [3.63, 3.8) is 0 Å². The van der Waals surface area contributed by atoms with Crippen molar-refractivity contribution in [1.29, 1.82) is 0 Å². The van der Waals surface area contributed by atoms with Crippen LogP contribution in [0.25, 0.3) is 54.6 Å². The van der Waals surface area contributed by atoms with Gasteiger partial charge in [-0.15, -0.1) is 0 Å². The van der Waals surface area contributed by atoms with Crippen LogP contribution in [0.1, 0.15) is 19.4 Å². The average Bonchev–Trinajstić information content (AvgIpc) is 3.31. The number of hydrogen-bond acceptors (Lipinski definition) is 2. The van der Waals surface area contributed by atoms with Crippen molar-refractivity contribution in [3.05, 3.63) is 121 Å². The van der Waals surface area contributed by atoms with Crippen LogP contribution in [0.4, 0.5) is 0 Å². The Hall–Kier alpha value is -4.43. The Labute approximate surface area is 216 Å². The molecular weight excluding hydrogens is 450 g/mol. The molecule has 0 bridgehead atoms. The molecule has 178 valence electrons. The van der Waals surface area contributed by atoms with E-state index < -0.39 is 0 Å². The first-order chi connectivity index (χ1) is 18.1. The van der Waals surface area contributed by atoms with Gasteiger partial charge in [0, 0.05) is 5.56 Å². The molecule has 2 heteroatoms. The second-order valence-corrected chi connectivity index (χ2v) is 10.5. The summed E-state index contributed by atoms with van der Waals surface area (Å²) in [6, 6.07) is 41.7. The van der Waals surface area contributed by atoms with Gasteiger partial charge in [-0.3, -0.25) is 0 Å². The van der Waals surface area contributed by atoms with Crippen molar-refractivity contribution in [2.24, 2.45) is 4.99 Å². The largest absolute Gasteiger partial charge is 0.469 e. The highest BCUT2D eigenvalue weighted by Crippen LogP contribution is 2.44. The van der Waals surface area contributed by atoms with Crippen LogP contribution < -0.4 is 0 Å². The second-order valence-electron chi connectivity index (χ2n) is 10.5. The zero-order valence-electron chi connectivity index (χ0n) is 21.0. The SMILES string of the molecule is CC1(C)CN=C(c2ccc(-c3c4ccccc4c(-c4ccc5ccccc5c4)c4ccccc34)cc2)O1. The molecule has 0 radical (unpaired) electrons. The molecule has 1 heterocycles. The van der Waals surface area contributed by atoms with Crippen LogP contribution in [0.15, 0.2) is 120 Å². The van der Waals surface area contributed by atoms with Crippen molar-refractivity contribution in [2.75, 3.05) is 6.54 Å². The third-order valence-corrected chi connectivity index (χ3v) is 7.37. The summed E-state index contributed by atoms with van der Waals surface area (Å²) in [5.74, 6) is 0.734. The minimum absolute atomic E-state index is 0.237. The van der Waals surface area contributed by atoms with Crippen LogP contribution in [0.2, 0.25) is 0 Å².